The molecule has 0 aromatic heterocycles. The molecule has 0 aliphatic carbocycles. The molecule has 4 heteroatoms. The predicted molar refractivity (Wildman–Crippen MR) is 58.3 cm³/mol. The van der Waals surface area contributed by atoms with Gasteiger partial charge in [-0.15, -0.1) is 0 Å². The molecule has 1 atom stereocenters. The lowest BCUT2D eigenvalue weighted by Crippen LogP contribution is -2.53. The zero-order chi connectivity index (χ0) is 12.3. The summed E-state index contributed by atoms with van der Waals surface area (Å²) in [6.07, 6.45) is 0.770. The SMILES string of the molecule is CC(C)C[C@](N)(C=O)C(=O)OC(C)(C)C. The van der Waals surface area contributed by atoms with Crippen LogP contribution >= 0.6 is 0 Å². The summed E-state index contributed by atoms with van der Waals surface area (Å²) in [6, 6.07) is 0. The van der Waals surface area contributed by atoms with Crippen molar-refractivity contribution in [2.75, 3.05) is 0 Å². The first-order valence-electron chi connectivity index (χ1n) is 5.09. The van der Waals surface area contributed by atoms with Gasteiger partial charge >= 0.3 is 5.97 Å². The van der Waals surface area contributed by atoms with Crippen molar-refractivity contribution in [2.45, 2.75) is 52.2 Å². The van der Waals surface area contributed by atoms with E-state index in [2.05, 4.69) is 0 Å². The average Bonchev–Trinajstić information content (AvgIpc) is 1.99. The third kappa shape index (κ3) is 4.93. The smallest absolute Gasteiger partial charge is 0.334 e. The van der Waals surface area contributed by atoms with Gasteiger partial charge in [0, 0.05) is 0 Å². The van der Waals surface area contributed by atoms with Gasteiger partial charge in [-0.3, -0.25) is 0 Å². The van der Waals surface area contributed by atoms with Crippen LogP contribution in [0.4, 0.5) is 0 Å². The fourth-order valence-electron chi connectivity index (χ4n) is 1.23. The lowest BCUT2D eigenvalue weighted by atomic mass is 9.91. The van der Waals surface area contributed by atoms with Crippen LogP contribution in [0.15, 0.2) is 0 Å². The van der Waals surface area contributed by atoms with E-state index in [0.717, 1.165) is 0 Å². The maximum Gasteiger partial charge on any atom is 0.334 e. The number of ether oxygens (including phenoxy) is 1. The standard InChI is InChI=1S/C11H21NO3/c1-8(2)6-11(12,7-13)9(14)15-10(3,4)5/h7-8H,6,12H2,1-5H3/t11-/m0/s1. The largest absolute Gasteiger partial charge is 0.458 e. The molecule has 0 radical (unpaired) electrons. The molecule has 0 spiro atoms. The molecule has 0 saturated heterocycles. The normalized spacial score (nSPS) is 15.9. The molecule has 2 N–H and O–H groups in total. The molecule has 4 nitrogen and oxygen atoms in total. The molecule has 0 heterocycles. The molecule has 0 fully saturated rings. The van der Waals surface area contributed by atoms with E-state index in [9.17, 15) is 9.59 Å². The fourth-order valence-corrected chi connectivity index (χ4v) is 1.23. The van der Waals surface area contributed by atoms with Crippen molar-refractivity contribution in [1.82, 2.24) is 0 Å². The monoisotopic (exact) mass is 215 g/mol. The quantitative estimate of drug-likeness (QED) is 0.435. The van der Waals surface area contributed by atoms with Gasteiger partial charge in [-0.25, -0.2) is 4.79 Å². The second-order valence-electron chi connectivity index (χ2n) is 5.26. The first-order chi connectivity index (χ1) is 6.60. The van der Waals surface area contributed by atoms with E-state index in [1.807, 2.05) is 13.8 Å². The van der Waals surface area contributed by atoms with Crippen molar-refractivity contribution >= 4 is 12.3 Å². The van der Waals surface area contributed by atoms with Crippen LogP contribution in [0, 0.1) is 5.92 Å². The number of rotatable bonds is 4. The van der Waals surface area contributed by atoms with E-state index >= 15 is 0 Å². The first kappa shape index (κ1) is 14.1. The highest BCUT2D eigenvalue weighted by atomic mass is 16.6. The van der Waals surface area contributed by atoms with Gasteiger partial charge in [-0.1, -0.05) is 13.8 Å². The highest BCUT2D eigenvalue weighted by Gasteiger charge is 2.38. The molecule has 0 aromatic rings. The summed E-state index contributed by atoms with van der Waals surface area (Å²) >= 11 is 0. The minimum absolute atomic E-state index is 0.160. The van der Waals surface area contributed by atoms with Gasteiger partial charge in [-0.2, -0.15) is 0 Å². The van der Waals surface area contributed by atoms with Gasteiger partial charge in [0.15, 0.2) is 11.8 Å². The Bertz CT molecular complexity index is 243. The van der Waals surface area contributed by atoms with Gasteiger partial charge in [0.2, 0.25) is 0 Å². The summed E-state index contributed by atoms with van der Waals surface area (Å²) in [5.74, 6) is -0.494. The molecule has 0 saturated carbocycles. The Labute approximate surface area is 91.2 Å². The lowest BCUT2D eigenvalue weighted by molar-refractivity contribution is -0.162. The van der Waals surface area contributed by atoms with Crippen molar-refractivity contribution in [3.05, 3.63) is 0 Å². The summed E-state index contributed by atoms with van der Waals surface area (Å²) in [5, 5.41) is 0. The summed E-state index contributed by atoms with van der Waals surface area (Å²) in [6.45, 7) is 9.02. The van der Waals surface area contributed by atoms with Gasteiger partial charge in [0.1, 0.15) is 5.60 Å². The Balaban J connectivity index is 4.66. The Morgan fingerprint density at radius 3 is 2.13 bits per heavy atom. The minimum Gasteiger partial charge on any atom is -0.458 e. The fraction of sp³-hybridized carbons (Fsp3) is 0.818. The Morgan fingerprint density at radius 2 is 1.87 bits per heavy atom. The second-order valence-corrected chi connectivity index (χ2v) is 5.26. The summed E-state index contributed by atoms with van der Waals surface area (Å²) in [4.78, 5) is 22.5. The van der Waals surface area contributed by atoms with E-state index in [-0.39, 0.29) is 5.92 Å². The third-order valence-electron chi connectivity index (χ3n) is 1.74. The Morgan fingerprint density at radius 1 is 1.40 bits per heavy atom. The van der Waals surface area contributed by atoms with Crippen LogP contribution in [0.3, 0.4) is 0 Å². The predicted octanol–water partition coefficient (Wildman–Crippen LogP) is 1.27. The van der Waals surface area contributed by atoms with Crippen molar-refractivity contribution in [1.29, 1.82) is 0 Å². The Kier molecular flexibility index (Phi) is 4.46. The molecule has 0 amide bonds. The van der Waals surface area contributed by atoms with E-state index in [0.29, 0.717) is 12.7 Å². The molecule has 0 rings (SSSR count). The van der Waals surface area contributed by atoms with Crippen molar-refractivity contribution in [3.63, 3.8) is 0 Å². The summed E-state index contributed by atoms with van der Waals surface area (Å²) in [5.41, 5.74) is 3.57. The number of hydrogen-bond donors (Lipinski definition) is 1. The molecule has 0 bridgehead atoms. The van der Waals surface area contributed by atoms with Gasteiger partial charge in [-0.05, 0) is 33.1 Å². The molecule has 88 valence electrons. The van der Waals surface area contributed by atoms with Crippen LogP contribution in [0.1, 0.15) is 41.0 Å². The van der Waals surface area contributed by atoms with Crippen LogP contribution < -0.4 is 5.73 Å². The molecule has 0 aliphatic heterocycles. The Hall–Kier alpha value is -0.900. The van der Waals surface area contributed by atoms with E-state index in [4.69, 9.17) is 10.5 Å². The van der Waals surface area contributed by atoms with Crippen LogP contribution in [0.5, 0.6) is 0 Å². The number of carbonyl (C=O) groups is 2. The highest BCUT2D eigenvalue weighted by Crippen LogP contribution is 2.17. The number of nitrogens with two attached hydrogens (primary N) is 1. The molecule has 0 aromatic carbocycles. The summed E-state index contributed by atoms with van der Waals surface area (Å²) in [7, 11) is 0. The molecule has 15 heavy (non-hydrogen) atoms. The minimum atomic E-state index is -1.51. The van der Waals surface area contributed by atoms with Gasteiger partial charge < -0.3 is 15.3 Å². The first-order valence-corrected chi connectivity index (χ1v) is 5.09. The lowest BCUT2D eigenvalue weighted by Gasteiger charge is -2.28. The number of hydrogen-bond acceptors (Lipinski definition) is 4. The number of esters is 1. The molecular formula is C11H21NO3. The average molecular weight is 215 g/mol. The number of carbonyl (C=O) groups excluding carboxylic acids is 2. The second kappa shape index (κ2) is 4.75. The highest BCUT2D eigenvalue weighted by molar-refractivity contribution is 5.98. The van der Waals surface area contributed by atoms with Crippen molar-refractivity contribution in [3.8, 4) is 0 Å². The van der Waals surface area contributed by atoms with Crippen molar-refractivity contribution < 1.29 is 14.3 Å². The van der Waals surface area contributed by atoms with E-state index in [1.165, 1.54) is 0 Å². The van der Waals surface area contributed by atoms with Crippen LogP contribution in [-0.4, -0.2) is 23.4 Å². The molecule has 0 aliphatic rings. The topological polar surface area (TPSA) is 69.4 Å². The summed E-state index contributed by atoms with van der Waals surface area (Å²) < 4.78 is 5.10. The van der Waals surface area contributed by atoms with Crippen LogP contribution in [0.2, 0.25) is 0 Å². The van der Waals surface area contributed by atoms with Crippen molar-refractivity contribution in [2.24, 2.45) is 11.7 Å². The van der Waals surface area contributed by atoms with E-state index in [1.54, 1.807) is 20.8 Å². The van der Waals surface area contributed by atoms with Crippen LogP contribution in [0.25, 0.3) is 0 Å². The van der Waals surface area contributed by atoms with Crippen LogP contribution in [-0.2, 0) is 14.3 Å². The molecule has 0 unspecified atom stereocenters. The zero-order valence-electron chi connectivity index (χ0n) is 10.2. The zero-order valence-corrected chi connectivity index (χ0v) is 10.2. The maximum atomic E-state index is 11.7. The number of aldehydes is 1. The van der Waals surface area contributed by atoms with Gasteiger partial charge in [0.25, 0.3) is 0 Å². The van der Waals surface area contributed by atoms with Gasteiger partial charge in [0.05, 0.1) is 0 Å². The third-order valence-corrected chi connectivity index (χ3v) is 1.74. The molecular weight excluding hydrogens is 194 g/mol. The van der Waals surface area contributed by atoms with E-state index < -0.39 is 17.1 Å². The maximum absolute atomic E-state index is 11.7.